The van der Waals surface area contributed by atoms with Crippen molar-refractivity contribution in [3.63, 3.8) is 0 Å². The molecular weight excluding hydrogens is 414 g/mol. The van der Waals surface area contributed by atoms with Crippen molar-refractivity contribution in [1.29, 1.82) is 0 Å². The highest BCUT2D eigenvalue weighted by Gasteiger charge is 2.23. The second kappa shape index (κ2) is 7.57. The zero-order valence-electron chi connectivity index (χ0n) is 14.5. The van der Waals surface area contributed by atoms with Crippen LogP contribution in [0, 0.1) is 0 Å². The Hall–Kier alpha value is -1.59. The van der Waals surface area contributed by atoms with Crippen LogP contribution in [-0.4, -0.2) is 35.4 Å². The predicted molar refractivity (Wildman–Crippen MR) is 108 cm³/mol. The fourth-order valence-corrected chi connectivity index (χ4v) is 4.60. The van der Waals surface area contributed by atoms with Crippen molar-refractivity contribution in [3.8, 4) is 0 Å². The van der Waals surface area contributed by atoms with Gasteiger partial charge in [-0.1, -0.05) is 39.7 Å². The molecule has 1 fully saturated rings. The molecule has 0 aliphatic carbocycles. The molecule has 0 bridgehead atoms. The Kier molecular flexibility index (Phi) is 5.18. The van der Waals surface area contributed by atoms with E-state index in [1.807, 2.05) is 4.90 Å². The van der Waals surface area contributed by atoms with Gasteiger partial charge in [0, 0.05) is 36.8 Å². The van der Waals surface area contributed by atoms with E-state index >= 15 is 0 Å². The van der Waals surface area contributed by atoms with Crippen LogP contribution >= 0.6 is 27.5 Å². The number of amides is 1. The molecule has 2 aromatic rings. The van der Waals surface area contributed by atoms with E-state index in [-0.39, 0.29) is 5.91 Å². The minimum atomic E-state index is 0.0392. The Labute approximate surface area is 167 Å². The standard InChI is InChI=1S/C20H21BrClN3O/c21-17-6-4-5-14-7-10-25(13-16(14)17)19-18(22)11-15(12-23-19)20(26)24-8-2-1-3-9-24/h4-6,11-12H,1-3,7-10,13H2. The summed E-state index contributed by atoms with van der Waals surface area (Å²) in [7, 11) is 0. The minimum absolute atomic E-state index is 0.0392. The lowest BCUT2D eigenvalue weighted by atomic mass is 10.00. The molecule has 1 aromatic carbocycles. The Morgan fingerprint density at radius 2 is 1.96 bits per heavy atom. The maximum absolute atomic E-state index is 12.7. The number of nitrogens with zero attached hydrogens (tertiary/aromatic N) is 3. The van der Waals surface area contributed by atoms with Crippen LogP contribution in [0.5, 0.6) is 0 Å². The molecule has 0 unspecified atom stereocenters. The van der Waals surface area contributed by atoms with Crippen molar-refractivity contribution in [2.75, 3.05) is 24.5 Å². The fourth-order valence-electron chi connectivity index (χ4n) is 3.78. The minimum Gasteiger partial charge on any atom is -0.351 e. The SMILES string of the molecule is O=C(c1cnc(N2CCc3cccc(Br)c3C2)c(Cl)c1)N1CCCCC1. The summed E-state index contributed by atoms with van der Waals surface area (Å²) in [6.45, 7) is 3.29. The Morgan fingerprint density at radius 1 is 1.15 bits per heavy atom. The average molecular weight is 435 g/mol. The van der Waals surface area contributed by atoms with Gasteiger partial charge in [0.15, 0.2) is 0 Å². The maximum Gasteiger partial charge on any atom is 0.255 e. The lowest BCUT2D eigenvalue weighted by Gasteiger charge is -2.31. The molecule has 4 nitrogen and oxygen atoms in total. The Bertz CT molecular complexity index is 836. The molecule has 26 heavy (non-hydrogen) atoms. The van der Waals surface area contributed by atoms with Crippen LogP contribution in [0.15, 0.2) is 34.9 Å². The summed E-state index contributed by atoms with van der Waals surface area (Å²) in [5, 5.41) is 0.545. The monoisotopic (exact) mass is 433 g/mol. The van der Waals surface area contributed by atoms with Crippen molar-refractivity contribution >= 4 is 39.3 Å². The first kappa shape index (κ1) is 17.8. The number of piperidine rings is 1. The summed E-state index contributed by atoms with van der Waals surface area (Å²) in [4.78, 5) is 21.3. The first-order valence-electron chi connectivity index (χ1n) is 9.09. The fraction of sp³-hybridized carbons (Fsp3) is 0.400. The third-order valence-corrected chi connectivity index (χ3v) is 6.25. The topological polar surface area (TPSA) is 36.4 Å². The second-order valence-electron chi connectivity index (χ2n) is 6.93. The van der Waals surface area contributed by atoms with Gasteiger partial charge in [-0.2, -0.15) is 0 Å². The van der Waals surface area contributed by atoms with Gasteiger partial charge in [0.25, 0.3) is 5.91 Å². The summed E-state index contributed by atoms with van der Waals surface area (Å²) in [6, 6.07) is 8.09. The number of pyridine rings is 1. The predicted octanol–water partition coefficient (Wildman–Crippen LogP) is 4.69. The van der Waals surface area contributed by atoms with Gasteiger partial charge in [-0.3, -0.25) is 4.79 Å². The highest BCUT2D eigenvalue weighted by molar-refractivity contribution is 9.10. The molecular formula is C20H21BrClN3O. The molecule has 136 valence electrons. The number of hydrogen-bond acceptors (Lipinski definition) is 3. The van der Waals surface area contributed by atoms with Crippen LogP contribution in [0.2, 0.25) is 5.02 Å². The number of hydrogen-bond donors (Lipinski definition) is 0. The third-order valence-electron chi connectivity index (χ3n) is 5.23. The number of halogens is 2. The van der Waals surface area contributed by atoms with Gasteiger partial charge in [-0.05, 0) is 48.9 Å². The number of rotatable bonds is 2. The number of aromatic nitrogens is 1. The zero-order chi connectivity index (χ0) is 18.1. The molecule has 0 N–H and O–H groups in total. The number of anilines is 1. The van der Waals surface area contributed by atoms with Crippen molar-refractivity contribution < 1.29 is 4.79 Å². The Balaban J connectivity index is 1.55. The lowest BCUT2D eigenvalue weighted by molar-refractivity contribution is 0.0724. The largest absolute Gasteiger partial charge is 0.351 e. The van der Waals surface area contributed by atoms with E-state index in [1.54, 1.807) is 12.3 Å². The Morgan fingerprint density at radius 3 is 2.73 bits per heavy atom. The van der Waals surface area contributed by atoms with Gasteiger partial charge in [0.05, 0.1) is 10.6 Å². The van der Waals surface area contributed by atoms with E-state index in [1.165, 1.54) is 17.5 Å². The van der Waals surface area contributed by atoms with Crippen LogP contribution in [0.1, 0.15) is 40.7 Å². The van der Waals surface area contributed by atoms with Crippen LogP contribution in [0.3, 0.4) is 0 Å². The molecule has 4 rings (SSSR count). The number of carbonyl (C=O) groups excluding carboxylic acids is 1. The summed E-state index contributed by atoms with van der Waals surface area (Å²) in [6.07, 6.45) is 5.99. The molecule has 0 spiro atoms. The van der Waals surface area contributed by atoms with Gasteiger partial charge in [0.2, 0.25) is 0 Å². The van der Waals surface area contributed by atoms with Gasteiger partial charge < -0.3 is 9.80 Å². The van der Waals surface area contributed by atoms with Crippen molar-refractivity contribution in [3.05, 3.63) is 56.6 Å². The lowest BCUT2D eigenvalue weighted by Crippen LogP contribution is -2.36. The van der Waals surface area contributed by atoms with E-state index in [9.17, 15) is 4.79 Å². The molecule has 6 heteroatoms. The highest BCUT2D eigenvalue weighted by Crippen LogP contribution is 2.32. The van der Waals surface area contributed by atoms with Crippen molar-refractivity contribution in [2.24, 2.45) is 0 Å². The van der Waals surface area contributed by atoms with Gasteiger partial charge in [-0.15, -0.1) is 0 Å². The zero-order valence-corrected chi connectivity index (χ0v) is 16.9. The molecule has 2 aliphatic rings. The van der Waals surface area contributed by atoms with Gasteiger partial charge >= 0.3 is 0 Å². The summed E-state index contributed by atoms with van der Waals surface area (Å²) < 4.78 is 1.12. The number of fused-ring (bicyclic) bond motifs is 1. The van der Waals surface area contributed by atoms with Crippen LogP contribution in [0.4, 0.5) is 5.82 Å². The molecule has 1 saturated heterocycles. The third kappa shape index (κ3) is 3.47. The second-order valence-corrected chi connectivity index (χ2v) is 8.19. The first-order valence-corrected chi connectivity index (χ1v) is 10.3. The quantitative estimate of drug-likeness (QED) is 0.688. The average Bonchev–Trinajstić information content (AvgIpc) is 2.68. The van der Waals surface area contributed by atoms with Crippen molar-refractivity contribution in [1.82, 2.24) is 9.88 Å². The summed E-state index contributed by atoms with van der Waals surface area (Å²) in [5.74, 6) is 0.792. The van der Waals surface area contributed by atoms with E-state index in [0.717, 1.165) is 55.7 Å². The number of benzene rings is 1. The van der Waals surface area contributed by atoms with Gasteiger partial charge in [-0.25, -0.2) is 4.98 Å². The van der Waals surface area contributed by atoms with E-state index < -0.39 is 0 Å². The number of likely N-dealkylation sites (tertiary alicyclic amines) is 1. The maximum atomic E-state index is 12.7. The van der Waals surface area contributed by atoms with Crippen LogP contribution in [-0.2, 0) is 13.0 Å². The summed E-state index contributed by atoms with van der Waals surface area (Å²) in [5.41, 5.74) is 3.23. The molecule has 0 radical (unpaired) electrons. The van der Waals surface area contributed by atoms with E-state index in [2.05, 4.69) is 44.0 Å². The van der Waals surface area contributed by atoms with E-state index in [4.69, 9.17) is 11.6 Å². The van der Waals surface area contributed by atoms with Gasteiger partial charge in [0.1, 0.15) is 5.82 Å². The first-order chi connectivity index (χ1) is 12.6. The van der Waals surface area contributed by atoms with Crippen LogP contribution in [0.25, 0.3) is 0 Å². The normalized spacial score (nSPS) is 17.2. The molecule has 0 saturated carbocycles. The van der Waals surface area contributed by atoms with Crippen LogP contribution < -0.4 is 4.90 Å². The smallest absolute Gasteiger partial charge is 0.255 e. The molecule has 1 aromatic heterocycles. The highest BCUT2D eigenvalue weighted by atomic mass is 79.9. The number of carbonyl (C=O) groups is 1. The van der Waals surface area contributed by atoms with Crippen molar-refractivity contribution in [2.45, 2.75) is 32.2 Å². The molecule has 1 amide bonds. The summed E-state index contributed by atoms with van der Waals surface area (Å²) >= 11 is 10.2. The molecule has 3 heterocycles. The molecule has 0 atom stereocenters. The molecule has 2 aliphatic heterocycles. The van der Waals surface area contributed by atoms with E-state index in [0.29, 0.717) is 10.6 Å².